The minimum absolute atomic E-state index is 0.199. The first-order valence-corrected chi connectivity index (χ1v) is 7.78. The van der Waals surface area contributed by atoms with E-state index in [-0.39, 0.29) is 11.9 Å². The van der Waals surface area contributed by atoms with Gasteiger partial charge in [-0.1, -0.05) is 12.1 Å². The molecule has 122 valence electrons. The van der Waals surface area contributed by atoms with Crippen LogP contribution in [-0.4, -0.2) is 54.2 Å². The highest BCUT2D eigenvalue weighted by molar-refractivity contribution is 5.68. The predicted molar refractivity (Wildman–Crippen MR) is 84.4 cm³/mol. The van der Waals surface area contributed by atoms with Gasteiger partial charge >= 0.3 is 6.09 Å². The summed E-state index contributed by atoms with van der Waals surface area (Å²) < 4.78 is 18.2. The SMILES string of the molecule is CC(C)(C)OC(=O)N1CCN(CCc2ccc(F)cc2)CC1. The summed E-state index contributed by atoms with van der Waals surface area (Å²) in [6.45, 7) is 9.64. The molecule has 0 spiro atoms. The molecule has 1 aromatic rings. The fourth-order valence-corrected chi connectivity index (χ4v) is 2.42. The van der Waals surface area contributed by atoms with E-state index in [0.29, 0.717) is 13.1 Å². The summed E-state index contributed by atoms with van der Waals surface area (Å²) >= 11 is 0. The minimum atomic E-state index is -0.448. The molecule has 1 fully saturated rings. The predicted octanol–water partition coefficient (Wildman–Crippen LogP) is 2.92. The Morgan fingerprint density at radius 3 is 2.27 bits per heavy atom. The molecule has 5 heteroatoms. The van der Waals surface area contributed by atoms with E-state index >= 15 is 0 Å². The van der Waals surface area contributed by atoms with Crippen LogP contribution in [0.2, 0.25) is 0 Å². The maximum atomic E-state index is 12.9. The van der Waals surface area contributed by atoms with Crippen LogP contribution in [0.5, 0.6) is 0 Å². The first kappa shape index (κ1) is 16.7. The van der Waals surface area contributed by atoms with E-state index in [2.05, 4.69) is 4.90 Å². The summed E-state index contributed by atoms with van der Waals surface area (Å²) in [5.41, 5.74) is 0.688. The van der Waals surface area contributed by atoms with Gasteiger partial charge in [0.05, 0.1) is 0 Å². The molecule has 22 heavy (non-hydrogen) atoms. The summed E-state index contributed by atoms with van der Waals surface area (Å²) in [5, 5.41) is 0. The van der Waals surface area contributed by atoms with Crippen molar-refractivity contribution in [2.75, 3.05) is 32.7 Å². The normalized spacial score (nSPS) is 16.6. The number of piperazine rings is 1. The van der Waals surface area contributed by atoms with Gasteiger partial charge in [0, 0.05) is 32.7 Å². The molecule has 0 N–H and O–H groups in total. The van der Waals surface area contributed by atoms with Crippen molar-refractivity contribution in [3.8, 4) is 0 Å². The minimum Gasteiger partial charge on any atom is -0.444 e. The van der Waals surface area contributed by atoms with E-state index in [0.717, 1.165) is 31.6 Å². The van der Waals surface area contributed by atoms with Crippen molar-refractivity contribution in [2.24, 2.45) is 0 Å². The number of hydrogen-bond acceptors (Lipinski definition) is 3. The molecule has 0 unspecified atom stereocenters. The number of nitrogens with zero attached hydrogens (tertiary/aromatic N) is 2. The van der Waals surface area contributed by atoms with Gasteiger partial charge in [0.15, 0.2) is 0 Å². The first-order valence-electron chi connectivity index (χ1n) is 7.78. The van der Waals surface area contributed by atoms with Crippen molar-refractivity contribution in [3.63, 3.8) is 0 Å². The lowest BCUT2D eigenvalue weighted by molar-refractivity contribution is 0.0146. The third-order valence-corrected chi connectivity index (χ3v) is 3.65. The molecule has 0 aliphatic carbocycles. The first-order chi connectivity index (χ1) is 10.3. The third kappa shape index (κ3) is 5.30. The van der Waals surface area contributed by atoms with Crippen LogP contribution in [-0.2, 0) is 11.2 Å². The lowest BCUT2D eigenvalue weighted by Gasteiger charge is -2.35. The van der Waals surface area contributed by atoms with Crippen molar-refractivity contribution in [2.45, 2.75) is 32.8 Å². The highest BCUT2D eigenvalue weighted by Crippen LogP contribution is 2.12. The molecular formula is C17H25FN2O2. The van der Waals surface area contributed by atoms with Gasteiger partial charge in [-0.15, -0.1) is 0 Å². The number of benzene rings is 1. The van der Waals surface area contributed by atoms with E-state index in [9.17, 15) is 9.18 Å². The Kier molecular flexibility index (Phi) is 5.40. The van der Waals surface area contributed by atoms with Crippen molar-refractivity contribution in [3.05, 3.63) is 35.6 Å². The summed E-state index contributed by atoms with van der Waals surface area (Å²) in [4.78, 5) is 16.1. The van der Waals surface area contributed by atoms with Crippen LogP contribution in [0.15, 0.2) is 24.3 Å². The Balaban J connectivity index is 1.73. The average molecular weight is 308 g/mol. The Morgan fingerprint density at radius 1 is 1.14 bits per heavy atom. The summed E-state index contributed by atoms with van der Waals surface area (Å²) in [6, 6.07) is 6.64. The monoisotopic (exact) mass is 308 g/mol. The van der Waals surface area contributed by atoms with Gasteiger partial charge in [-0.25, -0.2) is 9.18 Å². The average Bonchev–Trinajstić information content (AvgIpc) is 2.45. The maximum Gasteiger partial charge on any atom is 0.410 e. The number of rotatable bonds is 3. The zero-order valence-corrected chi connectivity index (χ0v) is 13.6. The van der Waals surface area contributed by atoms with Crippen LogP contribution in [0.4, 0.5) is 9.18 Å². The molecule has 0 aromatic heterocycles. The van der Waals surface area contributed by atoms with Crippen LogP contribution in [0.3, 0.4) is 0 Å². The lowest BCUT2D eigenvalue weighted by Crippen LogP contribution is -2.50. The van der Waals surface area contributed by atoms with Gasteiger partial charge in [-0.2, -0.15) is 0 Å². The lowest BCUT2D eigenvalue weighted by atomic mass is 10.1. The van der Waals surface area contributed by atoms with Crippen LogP contribution in [0.1, 0.15) is 26.3 Å². The Morgan fingerprint density at radius 2 is 1.73 bits per heavy atom. The van der Waals surface area contributed by atoms with Crippen molar-refractivity contribution < 1.29 is 13.9 Å². The van der Waals surface area contributed by atoms with Crippen molar-refractivity contribution in [1.82, 2.24) is 9.80 Å². The van der Waals surface area contributed by atoms with Crippen LogP contribution in [0.25, 0.3) is 0 Å². The molecule has 1 aliphatic heterocycles. The molecule has 0 bridgehead atoms. The summed E-state index contributed by atoms with van der Waals surface area (Å²) in [6.07, 6.45) is 0.665. The zero-order valence-electron chi connectivity index (χ0n) is 13.6. The molecular weight excluding hydrogens is 283 g/mol. The molecule has 0 atom stereocenters. The van der Waals surface area contributed by atoms with Gasteiger partial charge in [-0.05, 0) is 44.9 Å². The Bertz CT molecular complexity index is 488. The fraction of sp³-hybridized carbons (Fsp3) is 0.588. The van der Waals surface area contributed by atoms with Crippen molar-refractivity contribution in [1.29, 1.82) is 0 Å². The molecule has 1 amide bonds. The van der Waals surface area contributed by atoms with E-state index in [1.807, 2.05) is 32.9 Å². The van der Waals surface area contributed by atoms with Gasteiger partial charge in [0.25, 0.3) is 0 Å². The van der Waals surface area contributed by atoms with Crippen LogP contribution >= 0.6 is 0 Å². The molecule has 0 radical (unpaired) electrons. The number of carbonyl (C=O) groups excluding carboxylic acids is 1. The maximum absolute atomic E-state index is 12.9. The van der Waals surface area contributed by atoms with Gasteiger partial charge < -0.3 is 9.64 Å². The van der Waals surface area contributed by atoms with Gasteiger partial charge in [-0.3, -0.25) is 4.90 Å². The number of amides is 1. The second-order valence-corrected chi connectivity index (χ2v) is 6.69. The smallest absolute Gasteiger partial charge is 0.410 e. The number of ether oxygens (including phenoxy) is 1. The van der Waals surface area contributed by atoms with Gasteiger partial charge in [0.1, 0.15) is 11.4 Å². The fourth-order valence-electron chi connectivity index (χ4n) is 2.42. The topological polar surface area (TPSA) is 32.8 Å². The van der Waals surface area contributed by atoms with E-state index in [1.165, 1.54) is 12.1 Å². The highest BCUT2D eigenvalue weighted by Gasteiger charge is 2.25. The molecule has 1 aliphatic rings. The molecule has 4 nitrogen and oxygen atoms in total. The molecule has 1 saturated heterocycles. The zero-order chi connectivity index (χ0) is 16.2. The van der Waals surface area contributed by atoms with E-state index in [1.54, 1.807) is 4.90 Å². The number of hydrogen-bond donors (Lipinski definition) is 0. The number of carbonyl (C=O) groups is 1. The van der Waals surface area contributed by atoms with E-state index < -0.39 is 5.60 Å². The third-order valence-electron chi connectivity index (χ3n) is 3.65. The standard InChI is InChI=1S/C17H25FN2O2/c1-17(2,3)22-16(21)20-12-10-19(11-13-20)9-8-14-4-6-15(18)7-5-14/h4-7H,8-13H2,1-3H3. The summed E-state index contributed by atoms with van der Waals surface area (Å²) in [5.74, 6) is -0.199. The molecule has 0 saturated carbocycles. The van der Waals surface area contributed by atoms with E-state index in [4.69, 9.17) is 4.74 Å². The molecule has 1 heterocycles. The second-order valence-electron chi connectivity index (χ2n) is 6.69. The van der Waals surface area contributed by atoms with Crippen molar-refractivity contribution >= 4 is 6.09 Å². The van der Waals surface area contributed by atoms with Gasteiger partial charge in [0.2, 0.25) is 0 Å². The molecule has 1 aromatic carbocycles. The Hall–Kier alpha value is -1.62. The van der Waals surface area contributed by atoms with Crippen LogP contribution in [0, 0.1) is 5.82 Å². The van der Waals surface area contributed by atoms with Crippen LogP contribution < -0.4 is 0 Å². The Labute approximate surface area is 131 Å². The summed E-state index contributed by atoms with van der Waals surface area (Å²) in [7, 11) is 0. The highest BCUT2D eigenvalue weighted by atomic mass is 19.1. The number of halogens is 1. The largest absolute Gasteiger partial charge is 0.444 e. The second kappa shape index (κ2) is 7.09. The molecule has 2 rings (SSSR count). The quantitative estimate of drug-likeness (QED) is 0.861.